The average molecular weight is 372 g/mol. The largest absolute Gasteiger partial charge is 0.382 e. The van der Waals surface area contributed by atoms with E-state index in [2.05, 4.69) is 10.6 Å². The van der Waals surface area contributed by atoms with Gasteiger partial charge in [-0.15, -0.1) is 11.8 Å². The number of hydrogen-bond donors (Lipinski definition) is 2. The fourth-order valence-corrected chi connectivity index (χ4v) is 2.98. The summed E-state index contributed by atoms with van der Waals surface area (Å²) in [6.45, 7) is 3.76. The number of ether oxygens (including phenoxy) is 1. The van der Waals surface area contributed by atoms with E-state index in [9.17, 15) is 9.59 Å². The average Bonchev–Trinajstić information content (AvgIpc) is 2.67. The number of anilines is 1. The summed E-state index contributed by atoms with van der Waals surface area (Å²) in [6.07, 6.45) is 0.752. The van der Waals surface area contributed by atoms with Crippen LogP contribution in [0.4, 0.5) is 5.69 Å². The lowest BCUT2D eigenvalue weighted by Gasteiger charge is -2.11. The lowest BCUT2D eigenvalue weighted by molar-refractivity contribution is -0.113. The molecule has 0 spiro atoms. The topological polar surface area (TPSA) is 67.4 Å². The number of rotatable bonds is 10. The maximum absolute atomic E-state index is 12.4. The first-order chi connectivity index (χ1) is 12.7. The second-order valence-corrected chi connectivity index (χ2v) is 6.55. The van der Waals surface area contributed by atoms with Crippen LogP contribution in [0.1, 0.15) is 23.7 Å². The quantitative estimate of drug-likeness (QED) is 0.494. The summed E-state index contributed by atoms with van der Waals surface area (Å²) < 4.78 is 5.25. The highest BCUT2D eigenvalue weighted by molar-refractivity contribution is 8.00. The van der Waals surface area contributed by atoms with E-state index >= 15 is 0 Å². The predicted molar refractivity (Wildman–Crippen MR) is 106 cm³/mol. The molecule has 0 aliphatic rings. The Labute approximate surface area is 158 Å². The number of benzene rings is 2. The molecule has 0 bridgehead atoms. The number of carbonyl (C=O) groups excluding carboxylic acids is 2. The SMILES string of the molecule is CCOCCCNC(=O)c1ccccc1NC(=O)CSc1ccccc1. The van der Waals surface area contributed by atoms with E-state index in [-0.39, 0.29) is 17.6 Å². The van der Waals surface area contributed by atoms with Crippen LogP contribution in [0.5, 0.6) is 0 Å². The minimum Gasteiger partial charge on any atom is -0.382 e. The Bertz CT molecular complexity index is 707. The van der Waals surface area contributed by atoms with Crippen LogP contribution in [0.3, 0.4) is 0 Å². The standard InChI is InChI=1S/C20H24N2O3S/c1-2-25-14-8-13-21-20(24)17-11-6-7-12-18(17)22-19(23)15-26-16-9-4-3-5-10-16/h3-7,9-12H,2,8,13-15H2,1H3,(H,21,24)(H,22,23). The smallest absolute Gasteiger partial charge is 0.253 e. The first-order valence-electron chi connectivity index (χ1n) is 8.63. The van der Waals surface area contributed by atoms with E-state index in [0.717, 1.165) is 11.3 Å². The van der Waals surface area contributed by atoms with Crippen molar-refractivity contribution in [2.45, 2.75) is 18.2 Å². The Kier molecular flexibility index (Phi) is 8.72. The van der Waals surface area contributed by atoms with Gasteiger partial charge in [-0.2, -0.15) is 0 Å². The van der Waals surface area contributed by atoms with E-state index in [1.54, 1.807) is 24.3 Å². The van der Waals surface area contributed by atoms with Crippen LogP contribution < -0.4 is 10.6 Å². The molecule has 0 fully saturated rings. The molecule has 0 atom stereocenters. The van der Waals surface area contributed by atoms with E-state index in [1.165, 1.54) is 11.8 Å². The highest BCUT2D eigenvalue weighted by Crippen LogP contribution is 2.19. The van der Waals surface area contributed by atoms with Crippen molar-refractivity contribution in [2.24, 2.45) is 0 Å². The fraction of sp³-hybridized carbons (Fsp3) is 0.300. The molecule has 0 saturated heterocycles. The number of thioether (sulfide) groups is 1. The van der Waals surface area contributed by atoms with Crippen molar-refractivity contribution in [1.82, 2.24) is 5.32 Å². The number of nitrogens with one attached hydrogen (secondary N) is 2. The van der Waals surface area contributed by atoms with Crippen molar-refractivity contribution in [3.05, 3.63) is 60.2 Å². The second-order valence-electron chi connectivity index (χ2n) is 5.50. The zero-order valence-electron chi connectivity index (χ0n) is 14.9. The number of carbonyl (C=O) groups is 2. The van der Waals surface area contributed by atoms with Gasteiger partial charge in [-0.1, -0.05) is 30.3 Å². The first-order valence-corrected chi connectivity index (χ1v) is 9.62. The van der Waals surface area contributed by atoms with E-state index in [1.807, 2.05) is 37.3 Å². The molecule has 2 N–H and O–H groups in total. The van der Waals surface area contributed by atoms with Gasteiger partial charge in [0.15, 0.2) is 0 Å². The van der Waals surface area contributed by atoms with Gasteiger partial charge in [0.1, 0.15) is 0 Å². The molecule has 138 valence electrons. The zero-order valence-corrected chi connectivity index (χ0v) is 15.7. The van der Waals surface area contributed by atoms with Crippen LogP contribution in [0, 0.1) is 0 Å². The van der Waals surface area contributed by atoms with Gasteiger partial charge in [-0.3, -0.25) is 9.59 Å². The molecule has 0 saturated carbocycles. The summed E-state index contributed by atoms with van der Waals surface area (Å²) in [5.74, 6) is -0.0579. The van der Waals surface area contributed by atoms with Gasteiger partial charge >= 0.3 is 0 Å². The van der Waals surface area contributed by atoms with Gasteiger partial charge in [0.25, 0.3) is 5.91 Å². The van der Waals surface area contributed by atoms with Gasteiger partial charge in [0.2, 0.25) is 5.91 Å². The van der Waals surface area contributed by atoms with Crippen LogP contribution in [-0.2, 0) is 9.53 Å². The van der Waals surface area contributed by atoms with E-state index < -0.39 is 0 Å². The Morgan fingerprint density at radius 1 is 1.04 bits per heavy atom. The summed E-state index contributed by atoms with van der Waals surface area (Å²) in [7, 11) is 0. The first kappa shape index (κ1) is 20.0. The third-order valence-electron chi connectivity index (χ3n) is 3.51. The zero-order chi connectivity index (χ0) is 18.6. The summed E-state index contributed by atoms with van der Waals surface area (Å²) >= 11 is 1.46. The van der Waals surface area contributed by atoms with Gasteiger partial charge < -0.3 is 15.4 Å². The molecule has 0 radical (unpaired) electrons. The highest BCUT2D eigenvalue weighted by atomic mass is 32.2. The molecule has 26 heavy (non-hydrogen) atoms. The molecule has 0 aromatic heterocycles. The number of amides is 2. The molecular weight excluding hydrogens is 348 g/mol. The molecule has 0 heterocycles. The second kappa shape index (κ2) is 11.3. The molecule has 0 aliphatic carbocycles. The van der Waals surface area contributed by atoms with Gasteiger partial charge in [-0.25, -0.2) is 0 Å². The summed E-state index contributed by atoms with van der Waals surface area (Å²) in [5, 5.41) is 5.68. The van der Waals surface area contributed by atoms with Crippen LogP contribution >= 0.6 is 11.8 Å². The molecule has 0 unspecified atom stereocenters. The minimum atomic E-state index is -0.201. The fourth-order valence-electron chi connectivity index (χ4n) is 2.26. The molecule has 2 aromatic carbocycles. The van der Waals surface area contributed by atoms with E-state index in [0.29, 0.717) is 31.0 Å². The normalized spacial score (nSPS) is 10.3. The van der Waals surface area contributed by atoms with Crippen LogP contribution in [0.15, 0.2) is 59.5 Å². The molecule has 5 nitrogen and oxygen atoms in total. The summed E-state index contributed by atoms with van der Waals surface area (Å²) in [5.41, 5.74) is 0.982. The molecule has 0 aliphatic heterocycles. The maximum Gasteiger partial charge on any atom is 0.253 e. The maximum atomic E-state index is 12.4. The summed E-state index contributed by atoms with van der Waals surface area (Å²) in [4.78, 5) is 25.6. The molecule has 2 rings (SSSR count). The Morgan fingerprint density at radius 2 is 1.77 bits per heavy atom. The lowest BCUT2D eigenvalue weighted by atomic mass is 10.1. The third-order valence-corrected chi connectivity index (χ3v) is 4.53. The highest BCUT2D eigenvalue weighted by Gasteiger charge is 2.12. The third kappa shape index (κ3) is 6.90. The van der Waals surface area contributed by atoms with Crippen molar-refractivity contribution >= 4 is 29.3 Å². The van der Waals surface area contributed by atoms with Gasteiger partial charge in [-0.05, 0) is 37.6 Å². The monoisotopic (exact) mass is 372 g/mol. The van der Waals surface area contributed by atoms with Crippen molar-refractivity contribution < 1.29 is 14.3 Å². The Hall–Kier alpha value is -2.31. The van der Waals surface area contributed by atoms with Crippen LogP contribution in [0.25, 0.3) is 0 Å². The Morgan fingerprint density at radius 3 is 2.54 bits per heavy atom. The summed E-state index contributed by atoms with van der Waals surface area (Å²) in [6, 6.07) is 16.8. The molecule has 2 amide bonds. The predicted octanol–water partition coefficient (Wildman–Crippen LogP) is 3.57. The van der Waals surface area contributed by atoms with Gasteiger partial charge in [0, 0.05) is 24.7 Å². The van der Waals surface area contributed by atoms with Crippen molar-refractivity contribution in [3.63, 3.8) is 0 Å². The van der Waals surface area contributed by atoms with Crippen LogP contribution in [-0.4, -0.2) is 37.3 Å². The van der Waals surface area contributed by atoms with Gasteiger partial charge in [0.05, 0.1) is 17.0 Å². The van der Waals surface area contributed by atoms with E-state index in [4.69, 9.17) is 4.74 Å². The Balaban J connectivity index is 1.87. The minimum absolute atomic E-state index is 0.143. The lowest BCUT2D eigenvalue weighted by Crippen LogP contribution is -2.27. The molecular formula is C20H24N2O3S. The molecule has 6 heteroatoms. The van der Waals surface area contributed by atoms with Crippen molar-refractivity contribution in [2.75, 3.05) is 30.8 Å². The number of para-hydroxylation sites is 1. The molecule has 2 aromatic rings. The van der Waals surface area contributed by atoms with Crippen LogP contribution in [0.2, 0.25) is 0 Å². The van der Waals surface area contributed by atoms with Crippen molar-refractivity contribution in [1.29, 1.82) is 0 Å². The number of hydrogen-bond acceptors (Lipinski definition) is 4. The van der Waals surface area contributed by atoms with Crippen molar-refractivity contribution in [3.8, 4) is 0 Å².